The molecule has 0 atom stereocenters. The zero-order valence-electron chi connectivity index (χ0n) is 11.0. The molecule has 1 aliphatic rings. The number of benzene rings is 1. The highest BCUT2D eigenvalue weighted by Gasteiger charge is 2.23. The molecule has 0 fully saturated rings. The molecule has 0 saturated heterocycles. The second-order valence-corrected chi connectivity index (χ2v) is 4.83. The molecule has 0 saturated carbocycles. The number of urea groups is 1. The van der Waals surface area contributed by atoms with E-state index in [1.807, 2.05) is 19.0 Å². The molecule has 1 aromatic rings. The highest BCUT2D eigenvalue weighted by molar-refractivity contribution is 5.95. The number of aromatic carboxylic acids is 1. The first-order valence-corrected chi connectivity index (χ1v) is 6.04. The van der Waals surface area contributed by atoms with Crippen LogP contribution in [0.5, 0.6) is 0 Å². The van der Waals surface area contributed by atoms with Crippen molar-refractivity contribution in [3.05, 3.63) is 29.3 Å². The van der Waals surface area contributed by atoms with Crippen LogP contribution in [-0.2, 0) is 6.54 Å². The lowest BCUT2D eigenvalue weighted by molar-refractivity contribution is 0.0696. The minimum atomic E-state index is -0.993. The topological polar surface area (TPSA) is 72.9 Å². The van der Waals surface area contributed by atoms with Crippen LogP contribution >= 0.6 is 0 Å². The molecule has 2 amide bonds. The maximum Gasteiger partial charge on any atom is 0.335 e. The van der Waals surface area contributed by atoms with Crippen molar-refractivity contribution in [3.8, 4) is 0 Å². The van der Waals surface area contributed by atoms with Crippen LogP contribution in [0.2, 0.25) is 0 Å². The first kappa shape index (κ1) is 13.4. The normalized spacial score (nSPS) is 14.3. The highest BCUT2D eigenvalue weighted by Crippen LogP contribution is 2.24. The first-order chi connectivity index (χ1) is 8.97. The number of hydrogen-bond acceptors (Lipinski definition) is 3. The number of carboxylic acids is 1. The van der Waals surface area contributed by atoms with Crippen molar-refractivity contribution in [1.29, 1.82) is 0 Å². The van der Waals surface area contributed by atoms with E-state index in [1.165, 1.54) is 6.07 Å². The number of likely N-dealkylation sites (N-methyl/N-ethyl adjacent to an activating group) is 1. The molecular weight excluding hydrogens is 246 g/mol. The minimum absolute atomic E-state index is 0.181. The van der Waals surface area contributed by atoms with E-state index in [9.17, 15) is 9.59 Å². The van der Waals surface area contributed by atoms with Gasteiger partial charge >= 0.3 is 12.0 Å². The van der Waals surface area contributed by atoms with E-state index in [-0.39, 0.29) is 11.6 Å². The summed E-state index contributed by atoms with van der Waals surface area (Å²) in [6.45, 7) is 1.93. The zero-order valence-corrected chi connectivity index (χ0v) is 11.0. The third kappa shape index (κ3) is 3.03. The van der Waals surface area contributed by atoms with Crippen molar-refractivity contribution in [2.75, 3.05) is 32.5 Å². The summed E-state index contributed by atoms with van der Waals surface area (Å²) in [7, 11) is 3.91. The molecule has 0 radical (unpaired) electrons. The maximum absolute atomic E-state index is 11.9. The Bertz CT molecular complexity index is 514. The number of carbonyl (C=O) groups is 2. The van der Waals surface area contributed by atoms with E-state index in [0.29, 0.717) is 18.8 Å². The van der Waals surface area contributed by atoms with Crippen LogP contribution in [0.1, 0.15) is 15.9 Å². The van der Waals surface area contributed by atoms with Gasteiger partial charge in [-0.1, -0.05) is 6.07 Å². The largest absolute Gasteiger partial charge is 0.478 e. The van der Waals surface area contributed by atoms with Crippen molar-refractivity contribution >= 4 is 17.7 Å². The van der Waals surface area contributed by atoms with Gasteiger partial charge in [-0.2, -0.15) is 0 Å². The number of nitrogens with one attached hydrogen (secondary N) is 1. The molecular formula is C13H17N3O3. The predicted molar refractivity (Wildman–Crippen MR) is 71.4 cm³/mol. The van der Waals surface area contributed by atoms with Gasteiger partial charge in [-0.05, 0) is 31.8 Å². The fourth-order valence-corrected chi connectivity index (χ4v) is 1.94. The van der Waals surface area contributed by atoms with Crippen molar-refractivity contribution in [3.63, 3.8) is 0 Å². The van der Waals surface area contributed by atoms with Crippen molar-refractivity contribution < 1.29 is 14.7 Å². The number of carbonyl (C=O) groups excluding carboxylic acids is 1. The van der Waals surface area contributed by atoms with Gasteiger partial charge < -0.3 is 20.2 Å². The number of nitrogens with zero attached hydrogens (tertiary/aromatic N) is 2. The van der Waals surface area contributed by atoms with Gasteiger partial charge in [-0.15, -0.1) is 0 Å². The molecule has 0 bridgehead atoms. The van der Waals surface area contributed by atoms with E-state index < -0.39 is 5.97 Å². The number of rotatable bonds is 4. The molecule has 19 heavy (non-hydrogen) atoms. The quantitative estimate of drug-likeness (QED) is 0.858. The lowest BCUT2D eigenvalue weighted by atomic mass is 10.1. The molecule has 0 aromatic heterocycles. The van der Waals surface area contributed by atoms with Crippen molar-refractivity contribution in [2.24, 2.45) is 0 Å². The summed E-state index contributed by atoms with van der Waals surface area (Å²) >= 11 is 0. The van der Waals surface area contributed by atoms with E-state index in [1.54, 1.807) is 17.0 Å². The van der Waals surface area contributed by atoms with E-state index in [4.69, 9.17) is 5.11 Å². The number of carboxylic acid groups (broad SMARTS) is 1. The van der Waals surface area contributed by atoms with E-state index in [2.05, 4.69) is 5.32 Å². The summed E-state index contributed by atoms with van der Waals surface area (Å²) < 4.78 is 0. The molecule has 102 valence electrons. The molecule has 0 aliphatic carbocycles. The van der Waals surface area contributed by atoms with Crippen LogP contribution in [0.3, 0.4) is 0 Å². The summed E-state index contributed by atoms with van der Waals surface area (Å²) in [5.41, 5.74) is 1.70. The Morgan fingerprint density at radius 3 is 2.84 bits per heavy atom. The zero-order chi connectivity index (χ0) is 14.0. The van der Waals surface area contributed by atoms with Crippen LogP contribution in [0, 0.1) is 0 Å². The Hall–Kier alpha value is -2.08. The van der Waals surface area contributed by atoms with Gasteiger partial charge in [0, 0.05) is 25.3 Å². The lowest BCUT2D eigenvalue weighted by Gasteiger charge is -2.30. The van der Waals surface area contributed by atoms with Crippen LogP contribution < -0.4 is 5.32 Å². The monoisotopic (exact) mass is 263 g/mol. The maximum atomic E-state index is 11.9. The van der Waals surface area contributed by atoms with E-state index in [0.717, 1.165) is 12.1 Å². The van der Waals surface area contributed by atoms with Gasteiger partial charge in [-0.25, -0.2) is 9.59 Å². The number of fused-ring (bicyclic) bond motifs is 1. The standard InChI is InChI=1S/C13H17N3O3/c1-15(2)5-6-16-8-10-4-3-9(12(17)18)7-11(10)14-13(16)19/h3-4,7H,5-6,8H2,1-2H3,(H,14,19)(H,17,18). The Morgan fingerprint density at radius 1 is 1.47 bits per heavy atom. The smallest absolute Gasteiger partial charge is 0.335 e. The van der Waals surface area contributed by atoms with Crippen LogP contribution in [0.4, 0.5) is 10.5 Å². The molecule has 1 aromatic carbocycles. The van der Waals surface area contributed by atoms with Gasteiger partial charge in [0.25, 0.3) is 0 Å². The second-order valence-electron chi connectivity index (χ2n) is 4.83. The molecule has 6 nitrogen and oxygen atoms in total. The Morgan fingerprint density at radius 2 is 2.21 bits per heavy atom. The molecule has 0 unspecified atom stereocenters. The first-order valence-electron chi connectivity index (χ1n) is 6.04. The highest BCUT2D eigenvalue weighted by atomic mass is 16.4. The SMILES string of the molecule is CN(C)CCN1Cc2ccc(C(=O)O)cc2NC1=O. The van der Waals surface area contributed by atoms with Crippen molar-refractivity contribution in [1.82, 2.24) is 9.80 Å². The molecule has 0 spiro atoms. The van der Waals surface area contributed by atoms with E-state index >= 15 is 0 Å². The third-order valence-electron chi connectivity index (χ3n) is 3.06. The predicted octanol–water partition coefficient (Wildman–Crippen LogP) is 1.29. The number of anilines is 1. The minimum Gasteiger partial charge on any atom is -0.478 e. The molecule has 6 heteroatoms. The van der Waals surface area contributed by atoms with Gasteiger partial charge in [0.2, 0.25) is 0 Å². The summed E-state index contributed by atoms with van der Waals surface area (Å²) in [6, 6.07) is 4.62. The summed E-state index contributed by atoms with van der Waals surface area (Å²) in [5.74, 6) is -0.993. The lowest BCUT2D eigenvalue weighted by Crippen LogP contribution is -2.42. The number of amides is 2. The van der Waals surface area contributed by atoms with Crippen LogP contribution in [0.25, 0.3) is 0 Å². The van der Waals surface area contributed by atoms with Gasteiger partial charge in [0.05, 0.1) is 5.56 Å². The Kier molecular flexibility index (Phi) is 3.71. The Labute approximate surface area is 111 Å². The summed E-state index contributed by atoms with van der Waals surface area (Å²) in [5, 5.41) is 11.7. The van der Waals surface area contributed by atoms with Gasteiger partial charge in [0.15, 0.2) is 0 Å². The Balaban J connectivity index is 2.15. The molecule has 2 rings (SSSR count). The molecule has 2 N–H and O–H groups in total. The van der Waals surface area contributed by atoms with Gasteiger partial charge in [0.1, 0.15) is 0 Å². The summed E-state index contributed by atoms with van der Waals surface area (Å²) in [4.78, 5) is 26.5. The second kappa shape index (κ2) is 5.27. The molecule has 1 heterocycles. The average molecular weight is 263 g/mol. The van der Waals surface area contributed by atoms with Crippen molar-refractivity contribution in [2.45, 2.75) is 6.54 Å². The molecule has 1 aliphatic heterocycles. The van der Waals surface area contributed by atoms with Gasteiger partial charge in [-0.3, -0.25) is 0 Å². The fraction of sp³-hybridized carbons (Fsp3) is 0.385. The summed E-state index contributed by atoms with van der Waals surface area (Å²) in [6.07, 6.45) is 0. The van der Waals surface area contributed by atoms with Crippen LogP contribution in [-0.4, -0.2) is 54.1 Å². The fourth-order valence-electron chi connectivity index (χ4n) is 1.94. The van der Waals surface area contributed by atoms with Crippen LogP contribution in [0.15, 0.2) is 18.2 Å². The third-order valence-corrected chi connectivity index (χ3v) is 3.06. The number of hydrogen-bond donors (Lipinski definition) is 2. The average Bonchev–Trinajstić information content (AvgIpc) is 2.35.